The second kappa shape index (κ2) is 10.5. The van der Waals surface area contributed by atoms with Gasteiger partial charge in [0.15, 0.2) is 0 Å². The van der Waals surface area contributed by atoms with Crippen molar-refractivity contribution in [2.75, 3.05) is 39.9 Å². The Bertz CT molecular complexity index is 654. The van der Waals surface area contributed by atoms with E-state index < -0.39 is 0 Å². The number of nitrogens with zero attached hydrogens (tertiary/aromatic N) is 4. The lowest BCUT2D eigenvalue weighted by molar-refractivity contribution is -1.03. The van der Waals surface area contributed by atoms with Crippen LogP contribution in [-0.2, 0) is 17.8 Å². The molecule has 3 rings (SSSR count). The molecule has 27 heavy (non-hydrogen) atoms. The molecule has 1 aliphatic heterocycles. The number of hydrogen-bond acceptors (Lipinski definition) is 4. The SMILES string of the molecule is CCCC[C@H](c1nnnn1CCOC)[NH+]1CC[NH+](Cc2ccccc2)CC1. The molecule has 0 aliphatic carbocycles. The molecule has 0 spiro atoms. The number of unbranched alkanes of at least 4 members (excludes halogenated alkanes) is 1. The molecule has 2 aromatic rings. The first-order chi connectivity index (χ1) is 13.3. The third-order valence-corrected chi connectivity index (χ3v) is 5.61. The van der Waals surface area contributed by atoms with E-state index in [4.69, 9.17) is 4.74 Å². The molecule has 0 saturated carbocycles. The highest BCUT2D eigenvalue weighted by Gasteiger charge is 2.33. The van der Waals surface area contributed by atoms with Crippen molar-refractivity contribution in [1.82, 2.24) is 20.2 Å². The first-order valence-corrected chi connectivity index (χ1v) is 10.3. The van der Waals surface area contributed by atoms with E-state index in [1.165, 1.54) is 44.6 Å². The number of benzene rings is 1. The Balaban J connectivity index is 1.62. The maximum absolute atomic E-state index is 5.22. The highest BCUT2D eigenvalue weighted by atomic mass is 16.5. The van der Waals surface area contributed by atoms with Crippen LogP contribution in [0.3, 0.4) is 0 Å². The number of methoxy groups -OCH3 is 1. The van der Waals surface area contributed by atoms with Gasteiger partial charge in [-0.05, 0) is 16.8 Å². The minimum atomic E-state index is 0.384. The Labute approximate surface area is 162 Å². The molecule has 0 radical (unpaired) electrons. The summed E-state index contributed by atoms with van der Waals surface area (Å²) >= 11 is 0. The summed E-state index contributed by atoms with van der Waals surface area (Å²) in [5, 5.41) is 12.6. The van der Waals surface area contributed by atoms with Crippen LogP contribution in [0.4, 0.5) is 0 Å². The summed E-state index contributed by atoms with van der Waals surface area (Å²) < 4.78 is 7.17. The lowest BCUT2D eigenvalue weighted by Gasteiger charge is -2.34. The van der Waals surface area contributed by atoms with Crippen molar-refractivity contribution in [1.29, 1.82) is 0 Å². The second-order valence-electron chi connectivity index (χ2n) is 7.52. The monoisotopic (exact) mass is 374 g/mol. The summed E-state index contributed by atoms with van der Waals surface area (Å²) in [5.74, 6) is 1.03. The van der Waals surface area contributed by atoms with Gasteiger partial charge >= 0.3 is 0 Å². The van der Waals surface area contributed by atoms with Gasteiger partial charge in [-0.2, -0.15) is 0 Å². The Morgan fingerprint density at radius 1 is 1.15 bits per heavy atom. The predicted octanol–water partition coefficient (Wildman–Crippen LogP) is -0.466. The maximum atomic E-state index is 5.22. The molecule has 1 aromatic carbocycles. The molecule has 7 heteroatoms. The van der Waals surface area contributed by atoms with E-state index >= 15 is 0 Å². The predicted molar refractivity (Wildman–Crippen MR) is 103 cm³/mol. The van der Waals surface area contributed by atoms with Gasteiger partial charge in [0.25, 0.3) is 0 Å². The highest BCUT2D eigenvalue weighted by Crippen LogP contribution is 2.13. The summed E-state index contributed by atoms with van der Waals surface area (Å²) in [6.45, 7) is 9.49. The molecule has 0 bridgehead atoms. The number of hydrogen-bond donors (Lipinski definition) is 2. The van der Waals surface area contributed by atoms with Gasteiger partial charge in [0.05, 0.1) is 13.2 Å². The van der Waals surface area contributed by atoms with Gasteiger partial charge in [0, 0.05) is 19.1 Å². The van der Waals surface area contributed by atoms with Gasteiger partial charge in [-0.25, -0.2) is 4.68 Å². The van der Waals surface area contributed by atoms with Crippen molar-refractivity contribution in [2.45, 2.75) is 45.3 Å². The van der Waals surface area contributed by atoms with Gasteiger partial charge in [-0.1, -0.05) is 43.7 Å². The minimum absolute atomic E-state index is 0.384. The van der Waals surface area contributed by atoms with Gasteiger partial charge in [0.2, 0.25) is 5.82 Å². The molecular weight excluding hydrogens is 340 g/mol. The molecule has 7 nitrogen and oxygen atoms in total. The average Bonchev–Trinajstić information content (AvgIpc) is 3.17. The highest BCUT2D eigenvalue weighted by molar-refractivity contribution is 5.13. The lowest BCUT2D eigenvalue weighted by atomic mass is 10.1. The van der Waals surface area contributed by atoms with Gasteiger partial charge in [0.1, 0.15) is 38.8 Å². The zero-order valence-corrected chi connectivity index (χ0v) is 16.7. The first kappa shape index (κ1) is 19.9. The molecular formula is C20H34N6O+2. The summed E-state index contributed by atoms with van der Waals surface area (Å²) in [6.07, 6.45) is 3.56. The zero-order chi connectivity index (χ0) is 18.9. The van der Waals surface area contributed by atoms with Crippen molar-refractivity contribution in [3.8, 4) is 0 Å². The van der Waals surface area contributed by atoms with Crippen LogP contribution >= 0.6 is 0 Å². The summed E-state index contributed by atoms with van der Waals surface area (Å²) in [4.78, 5) is 3.31. The van der Waals surface area contributed by atoms with Crippen LogP contribution in [0.25, 0.3) is 0 Å². The number of quaternary nitrogens is 2. The van der Waals surface area contributed by atoms with Crippen LogP contribution in [0.15, 0.2) is 30.3 Å². The number of ether oxygens (including phenoxy) is 1. The van der Waals surface area contributed by atoms with Crippen LogP contribution in [0.2, 0.25) is 0 Å². The van der Waals surface area contributed by atoms with E-state index in [0.717, 1.165) is 25.3 Å². The minimum Gasteiger partial charge on any atom is -0.383 e. The van der Waals surface area contributed by atoms with E-state index in [9.17, 15) is 0 Å². The molecule has 2 heterocycles. The molecule has 148 valence electrons. The normalized spacial score (nSPS) is 21.3. The van der Waals surface area contributed by atoms with Crippen LogP contribution in [0.1, 0.15) is 43.6 Å². The van der Waals surface area contributed by atoms with E-state index in [2.05, 4.69) is 52.8 Å². The smallest absolute Gasteiger partial charge is 0.209 e. The van der Waals surface area contributed by atoms with Crippen LogP contribution < -0.4 is 9.80 Å². The van der Waals surface area contributed by atoms with Crippen molar-refractivity contribution in [3.05, 3.63) is 41.7 Å². The summed E-state index contributed by atoms with van der Waals surface area (Å²) in [6, 6.07) is 11.2. The molecule has 2 N–H and O–H groups in total. The maximum Gasteiger partial charge on any atom is 0.209 e. The standard InChI is InChI=1S/C20H32N6O/c1-3-4-10-19(20-21-22-23-26(20)15-16-27-2)25-13-11-24(12-14-25)17-18-8-6-5-7-9-18/h5-9,19H,3-4,10-17H2,1-2H3/p+2/t19-/m1/s1. The molecule has 1 aliphatic rings. The lowest BCUT2D eigenvalue weighted by Crippen LogP contribution is -3.27. The zero-order valence-electron chi connectivity index (χ0n) is 16.7. The van der Waals surface area contributed by atoms with Crippen molar-refractivity contribution < 1.29 is 14.5 Å². The molecule has 0 unspecified atom stereocenters. The van der Waals surface area contributed by atoms with E-state index in [0.29, 0.717) is 12.6 Å². The van der Waals surface area contributed by atoms with Crippen LogP contribution in [0, 0.1) is 0 Å². The topological polar surface area (TPSA) is 61.7 Å². The Morgan fingerprint density at radius 2 is 1.93 bits per heavy atom. The number of nitrogens with one attached hydrogen (secondary N) is 2. The first-order valence-electron chi connectivity index (χ1n) is 10.3. The third-order valence-electron chi connectivity index (χ3n) is 5.61. The molecule has 1 fully saturated rings. The fraction of sp³-hybridized carbons (Fsp3) is 0.650. The largest absolute Gasteiger partial charge is 0.383 e. The molecule has 1 saturated heterocycles. The van der Waals surface area contributed by atoms with E-state index in [1.54, 1.807) is 16.9 Å². The van der Waals surface area contributed by atoms with Crippen molar-refractivity contribution in [3.63, 3.8) is 0 Å². The van der Waals surface area contributed by atoms with Crippen molar-refractivity contribution >= 4 is 0 Å². The second-order valence-corrected chi connectivity index (χ2v) is 7.52. The van der Waals surface area contributed by atoms with Crippen molar-refractivity contribution in [2.24, 2.45) is 0 Å². The average molecular weight is 375 g/mol. The van der Waals surface area contributed by atoms with E-state index in [1.807, 2.05) is 4.68 Å². The molecule has 1 aromatic heterocycles. The van der Waals surface area contributed by atoms with Gasteiger partial charge in [-0.3, -0.25) is 0 Å². The van der Waals surface area contributed by atoms with Gasteiger partial charge in [-0.15, -0.1) is 5.10 Å². The number of rotatable bonds is 10. The quantitative estimate of drug-likeness (QED) is 0.591. The Kier molecular flexibility index (Phi) is 7.74. The molecule has 1 atom stereocenters. The fourth-order valence-corrected chi connectivity index (χ4v) is 4.06. The number of tetrazole rings is 1. The Hall–Kier alpha value is -1.83. The Morgan fingerprint density at radius 3 is 2.63 bits per heavy atom. The number of piperazine rings is 1. The summed E-state index contributed by atoms with van der Waals surface area (Å²) in [5.41, 5.74) is 1.43. The molecule has 0 amide bonds. The van der Waals surface area contributed by atoms with Crippen LogP contribution in [0.5, 0.6) is 0 Å². The number of aromatic nitrogens is 4. The fourth-order valence-electron chi connectivity index (χ4n) is 4.06. The third kappa shape index (κ3) is 5.57. The van der Waals surface area contributed by atoms with E-state index in [-0.39, 0.29) is 0 Å². The van der Waals surface area contributed by atoms with Crippen LogP contribution in [-0.4, -0.2) is 60.1 Å². The summed E-state index contributed by atoms with van der Waals surface area (Å²) in [7, 11) is 1.72. The van der Waals surface area contributed by atoms with Gasteiger partial charge < -0.3 is 14.5 Å².